The highest BCUT2D eigenvalue weighted by Gasteiger charge is 2.36. The summed E-state index contributed by atoms with van der Waals surface area (Å²) in [6.07, 6.45) is 5.01. The maximum Gasteiger partial charge on any atom is 0.475 e. The summed E-state index contributed by atoms with van der Waals surface area (Å²) in [7, 11) is -1.47. The van der Waals surface area contributed by atoms with E-state index in [-0.39, 0.29) is 30.4 Å². The van der Waals surface area contributed by atoms with Crippen LogP contribution in [0.4, 0.5) is 0 Å². The first-order chi connectivity index (χ1) is 13.0. The minimum absolute atomic E-state index is 0.0372. The molecule has 1 aliphatic carbocycles. The number of benzene rings is 1. The number of nitrogens with one attached hydrogen (secondary N) is 2. The van der Waals surface area contributed by atoms with Crippen LogP contribution in [-0.4, -0.2) is 65.0 Å². The SMILES string of the molecule is O=C(NC1CCC(NCC(=O)N2CCCC2B(O)O)CC1)c1ccccc1. The molecule has 1 atom stereocenters. The second-order valence-electron chi connectivity index (χ2n) is 7.48. The molecule has 7 nitrogen and oxygen atoms in total. The summed E-state index contributed by atoms with van der Waals surface area (Å²) in [6.45, 7) is 0.802. The van der Waals surface area contributed by atoms with Crippen molar-refractivity contribution in [1.82, 2.24) is 15.5 Å². The number of hydrogen-bond acceptors (Lipinski definition) is 5. The number of likely N-dealkylation sites (tertiary alicyclic amines) is 1. The summed E-state index contributed by atoms with van der Waals surface area (Å²) in [5, 5.41) is 25.1. The summed E-state index contributed by atoms with van der Waals surface area (Å²) >= 11 is 0. The highest BCUT2D eigenvalue weighted by Crippen LogP contribution is 2.20. The number of nitrogens with zero attached hydrogens (tertiary/aromatic N) is 1. The molecule has 27 heavy (non-hydrogen) atoms. The van der Waals surface area contributed by atoms with Crippen LogP contribution in [0.1, 0.15) is 48.9 Å². The monoisotopic (exact) mass is 373 g/mol. The molecule has 0 aromatic heterocycles. The molecule has 1 aliphatic heterocycles. The number of carbonyl (C=O) groups excluding carboxylic acids is 2. The van der Waals surface area contributed by atoms with Crippen LogP contribution < -0.4 is 10.6 Å². The predicted octanol–water partition coefficient (Wildman–Crippen LogP) is 0.320. The summed E-state index contributed by atoms with van der Waals surface area (Å²) in [5.74, 6) is -0.599. The molecule has 1 heterocycles. The van der Waals surface area contributed by atoms with Gasteiger partial charge in [0.2, 0.25) is 5.91 Å². The van der Waals surface area contributed by atoms with Crippen LogP contribution in [-0.2, 0) is 4.79 Å². The van der Waals surface area contributed by atoms with Gasteiger partial charge in [-0.15, -0.1) is 0 Å². The maximum atomic E-state index is 12.4. The number of hydrogen-bond donors (Lipinski definition) is 4. The van der Waals surface area contributed by atoms with Crippen molar-refractivity contribution in [3.63, 3.8) is 0 Å². The van der Waals surface area contributed by atoms with E-state index in [9.17, 15) is 19.6 Å². The molecule has 2 amide bonds. The molecule has 2 aliphatic rings. The van der Waals surface area contributed by atoms with Crippen molar-refractivity contribution >= 4 is 18.9 Å². The molecule has 0 bridgehead atoms. The average molecular weight is 373 g/mol. The lowest BCUT2D eigenvalue weighted by atomic mass is 9.78. The Morgan fingerprint density at radius 2 is 1.70 bits per heavy atom. The quantitative estimate of drug-likeness (QED) is 0.538. The standard InChI is InChI=1S/C19H28BN3O4/c24-18(23-12-4-7-17(23)20(26)27)13-21-15-8-10-16(11-9-15)22-19(25)14-5-2-1-3-6-14/h1-3,5-6,15-17,21,26-27H,4,7-13H2,(H,22,25). The maximum absolute atomic E-state index is 12.4. The first-order valence-electron chi connectivity index (χ1n) is 9.79. The summed E-state index contributed by atoms with van der Waals surface area (Å²) < 4.78 is 0. The topological polar surface area (TPSA) is 102 Å². The van der Waals surface area contributed by atoms with Gasteiger partial charge in [-0.05, 0) is 50.7 Å². The Bertz CT molecular complexity index is 635. The zero-order valence-electron chi connectivity index (χ0n) is 15.5. The summed E-state index contributed by atoms with van der Waals surface area (Å²) in [5.41, 5.74) is 0.676. The van der Waals surface area contributed by atoms with Crippen LogP contribution in [0.15, 0.2) is 30.3 Å². The van der Waals surface area contributed by atoms with E-state index in [1.54, 1.807) is 4.90 Å². The molecule has 1 unspecified atom stereocenters. The Labute approximate surface area is 160 Å². The third-order valence-electron chi connectivity index (χ3n) is 5.60. The first kappa shape index (κ1) is 19.9. The second kappa shape index (κ2) is 9.35. The van der Waals surface area contributed by atoms with Gasteiger partial charge in [0.1, 0.15) is 0 Å². The van der Waals surface area contributed by atoms with Gasteiger partial charge in [0.25, 0.3) is 5.91 Å². The lowest BCUT2D eigenvalue weighted by Gasteiger charge is -2.31. The zero-order chi connectivity index (χ0) is 19.2. The fraction of sp³-hybridized carbons (Fsp3) is 0.579. The molecule has 0 radical (unpaired) electrons. The molecule has 1 aromatic carbocycles. The van der Waals surface area contributed by atoms with Gasteiger partial charge in [0, 0.05) is 24.2 Å². The van der Waals surface area contributed by atoms with E-state index in [1.807, 2.05) is 30.3 Å². The van der Waals surface area contributed by atoms with Gasteiger partial charge >= 0.3 is 7.12 Å². The Kier molecular flexibility index (Phi) is 6.87. The Hall–Kier alpha value is -1.90. The number of rotatable bonds is 6. The van der Waals surface area contributed by atoms with Crippen LogP contribution in [0.25, 0.3) is 0 Å². The molecule has 3 rings (SSSR count). The third kappa shape index (κ3) is 5.31. The fourth-order valence-corrected chi connectivity index (χ4v) is 4.05. The predicted molar refractivity (Wildman–Crippen MR) is 103 cm³/mol. The van der Waals surface area contributed by atoms with E-state index in [1.165, 1.54) is 0 Å². The van der Waals surface area contributed by atoms with Crippen molar-refractivity contribution in [2.75, 3.05) is 13.1 Å². The largest absolute Gasteiger partial charge is 0.475 e. The van der Waals surface area contributed by atoms with Gasteiger partial charge in [-0.2, -0.15) is 0 Å². The van der Waals surface area contributed by atoms with Crippen molar-refractivity contribution in [3.8, 4) is 0 Å². The molecular weight excluding hydrogens is 345 g/mol. The van der Waals surface area contributed by atoms with Crippen LogP contribution in [0.2, 0.25) is 0 Å². The van der Waals surface area contributed by atoms with E-state index in [0.717, 1.165) is 32.1 Å². The minimum atomic E-state index is -1.47. The van der Waals surface area contributed by atoms with E-state index >= 15 is 0 Å². The lowest BCUT2D eigenvalue weighted by molar-refractivity contribution is -0.130. The molecular formula is C19H28BN3O4. The summed E-state index contributed by atoms with van der Waals surface area (Å²) in [6, 6.07) is 9.63. The fourth-order valence-electron chi connectivity index (χ4n) is 4.05. The van der Waals surface area contributed by atoms with Gasteiger partial charge in [-0.1, -0.05) is 18.2 Å². The highest BCUT2D eigenvalue weighted by molar-refractivity contribution is 6.43. The van der Waals surface area contributed by atoms with Gasteiger partial charge in [0.15, 0.2) is 0 Å². The molecule has 4 N–H and O–H groups in total. The first-order valence-corrected chi connectivity index (χ1v) is 9.79. The van der Waals surface area contributed by atoms with Crippen molar-refractivity contribution in [2.45, 2.75) is 56.5 Å². The van der Waals surface area contributed by atoms with E-state index < -0.39 is 13.1 Å². The van der Waals surface area contributed by atoms with Crippen molar-refractivity contribution in [3.05, 3.63) is 35.9 Å². The van der Waals surface area contributed by atoms with Crippen molar-refractivity contribution < 1.29 is 19.6 Å². The van der Waals surface area contributed by atoms with E-state index in [2.05, 4.69) is 10.6 Å². The number of carbonyl (C=O) groups is 2. The highest BCUT2D eigenvalue weighted by atomic mass is 16.4. The Morgan fingerprint density at radius 1 is 1.04 bits per heavy atom. The van der Waals surface area contributed by atoms with E-state index in [4.69, 9.17) is 0 Å². The van der Waals surface area contributed by atoms with Crippen molar-refractivity contribution in [1.29, 1.82) is 0 Å². The Morgan fingerprint density at radius 3 is 2.37 bits per heavy atom. The van der Waals surface area contributed by atoms with Gasteiger partial charge in [0.05, 0.1) is 12.5 Å². The number of amides is 2. The molecule has 1 saturated carbocycles. The van der Waals surface area contributed by atoms with E-state index in [0.29, 0.717) is 18.5 Å². The lowest BCUT2D eigenvalue weighted by Crippen LogP contribution is -2.50. The smallest absolute Gasteiger partial charge is 0.426 e. The molecule has 1 saturated heterocycles. The normalized spacial score (nSPS) is 25.3. The van der Waals surface area contributed by atoms with Crippen LogP contribution in [0, 0.1) is 0 Å². The molecule has 1 aromatic rings. The molecule has 2 fully saturated rings. The van der Waals surface area contributed by atoms with Crippen LogP contribution in [0.5, 0.6) is 0 Å². The van der Waals surface area contributed by atoms with Gasteiger partial charge in [-0.25, -0.2) is 0 Å². The Balaban J connectivity index is 1.38. The zero-order valence-corrected chi connectivity index (χ0v) is 15.5. The van der Waals surface area contributed by atoms with Gasteiger partial charge < -0.3 is 25.6 Å². The van der Waals surface area contributed by atoms with Crippen molar-refractivity contribution in [2.24, 2.45) is 0 Å². The van der Waals surface area contributed by atoms with Crippen LogP contribution >= 0.6 is 0 Å². The molecule has 0 spiro atoms. The minimum Gasteiger partial charge on any atom is -0.426 e. The average Bonchev–Trinajstić information content (AvgIpc) is 3.18. The third-order valence-corrected chi connectivity index (χ3v) is 5.60. The second-order valence-corrected chi connectivity index (χ2v) is 7.48. The molecule has 146 valence electrons. The van der Waals surface area contributed by atoms with Crippen LogP contribution in [0.3, 0.4) is 0 Å². The van der Waals surface area contributed by atoms with Gasteiger partial charge in [-0.3, -0.25) is 9.59 Å². The molecule has 8 heteroatoms. The summed E-state index contributed by atoms with van der Waals surface area (Å²) in [4.78, 5) is 26.2.